The minimum Gasteiger partial charge on any atom is -0.303 e. The Morgan fingerprint density at radius 2 is 1.53 bits per heavy atom. The van der Waals surface area contributed by atoms with E-state index >= 15 is 0 Å². The molecule has 30 heavy (non-hydrogen) atoms. The normalized spacial score (nSPS) is 20.2. The monoisotopic (exact) mass is 395 g/mol. The van der Waals surface area contributed by atoms with Crippen molar-refractivity contribution in [3.05, 3.63) is 107 Å². The van der Waals surface area contributed by atoms with Crippen molar-refractivity contribution >= 4 is 17.7 Å². The molecule has 1 aliphatic rings. The van der Waals surface area contributed by atoms with Crippen LogP contribution in [0.25, 0.3) is 6.08 Å². The van der Waals surface area contributed by atoms with E-state index in [0.717, 1.165) is 17.7 Å². The predicted molar refractivity (Wildman–Crippen MR) is 126 cm³/mol. The highest BCUT2D eigenvalue weighted by Crippen LogP contribution is 2.50. The molecule has 3 aromatic rings. The Hall–Kier alpha value is -3.13. The Morgan fingerprint density at radius 3 is 2.20 bits per heavy atom. The van der Waals surface area contributed by atoms with Crippen molar-refractivity contribution in [3.63, 3.8) is 0 Å². The van der Waals surface area contributed by atoms with Crippen LogP contribution in [0.15, 0.2) is 84.9 Å². The standard InChI is InChI=1S/C28H29NO/c1-21-15-17-25-24(19-21)28(4,23-13-9-6-10-14-23)20-27(2,3)29(25)26(30)18-16-22-11-7-5-8-12-22/h5-19H,20H2,1-4H3/b18-16+. The second kappa shape index (κ2) is 7.60. The summed E-state index contributed by atoms with van der Waals surface area (Å²) in [6.45, 7) is 8.77. The molecule has 3 aromatic carbocycles. The van der Waals surface area contributed by atoms with Crippen LogP contribution in [0, 0.1) is 6.92 Å². The van der Waals surface area contributed by atoms with Gasteiger partial charge in [-0.1, -0.05) is 85.3 Å². The van der Waals surface area contributed by atoms with Gasteiger partial charge in [-0.2, -0.15) is 0 Å². The van der Waals surface area contributed by atoms with Gasteiger partial charge in [0.25, 0.3) is 5.91 Å². The molecule has 0 saturated carbocycles. The summed E-state index contributed by atoms with van der Waals surface area (Å²) >= 11 is 0. The molecule has 0 fully saturated rings. The van der Waals surface area contributed by atoms with Crippen molar-refractivity contribution in [2.75, 3.05) is 4.90 Å². The van der Waals surface area contributed by atoms with Gasteiger partial charge in [-0.3, -0.25) is 4.79 Å². The molecule has 0 saturated heterocycles. The lowest BCUT2D eigenvalue weighted by molar-refractivity contribution is -0.115. The van der Waals surface area contributed by atoms with Crippen LogP contribution >= 0.6 is 0 Å². The van der Waals surface area contributed by atoms with Gasteiger partial charge in [0.15, 0.2) is 0 Å². The average molecular weight is 396 g/mol. The zero-order valence-electron chi connectivity index (χ0n) is 18.2. The van der Waals surface area contributed by atoms with Gasteiger partial charge >= 0.3 is 0 Å². The molecule has 1 heterocycles. The van der Waals surface area contributed by atoms with E-state index in [1.165, 1.54) is 16.7 Å². The van der Waals surface area contributed by atoms with Crippen molar-refractivity contribution in [3.8, 4) is 0 Å². The van der Waals surface area contributed by atoms with Crippen LogP contribution in [0.3, 0.4) is 0 Å². The highest BCUT2D eigenvalue weighted by atomic mass is 16.2. The van der Waals surface area contributed by atoms with Crippen LogP contribution in [0.1, 0.15) is 49.4 Å². The van der Waals surface area contributed by atoms with Gasteiger partial charge in [0.1, 0.15) is 0 Å². The van der Waals surface area contributed by atoms with Crippen LogP contribution in [0.2, 0.25) is 0 Å². The van der Waals surface area contributed by atoms with Gasteiger partial charge in [-0.05, 0) is 56.0 Å². The van der Waals surface area contributed by atoms with Gasteiger partial charge in [0.05, 0.1) is 0 Å². The van der Waals surface area contributed by atoms with Crippen molar-refractivity contribution < 1.29 is 4.79 Å². The fourth-order valence-corrected chi connectivity index (χ4v) is 4.94. The summed E-state index contributed by atoms with van der Waals surface area (Å²) in [4.78, 5) is 15.4. The minimum absolute atomic E-state index is 0.0177. The summed E-state index contributed by atoms with van der Waals surface area (Å²) in [5, 5.41) is 0. The Morgan fingerprint density at radius 1 is 0.900 bits per heavy atom. The van der Waals surface area contributed by atoms with E-state index in [0.29, 0.717) is 0 Å². The Balaban J connectivity index is 1.81. The van der Waals surface area contributed by atoms with Crippen LogP contribution in [-0.4, -0.2) is 11.4 Å². The van der Waals surface area contributed by atoms with Gasteiger partial charge in [0.2, 0.25) is 0 Å². The zero-order chi connectivity index (χ0) is 21.4. The molecule has 1 amide bonds. The third-order valence-electron chi connectivity index (χ3n) is 6.23. The lowest BCUT2D eigenvalue weighted by Crippen LogP contribution is -2.55. The van der Waals surface area contributed by atoms with Gasteiger partial charge in [0, 0.05) is 22.7 Å². The maximum atomic E-state index is 13.4. The highest BCUT2D eigenvalue weighted by molar-refractivity contribution is 6.06. The zero-order valence-corrected chi connectivity index (χ0v) is 18.2. The van der Waals surface area contributed by atoms with Crippen LogP contribution in [-0.2, 0) is 10.2 Å². The summed E-state index contributed by atoms with van der Waals surface area (Å²) in [6, 6.07) is 27.1. The molecule has 0 N–H and O–H groups in total. The summed E-state index contributed by atoms with van der Waals surface area (Å²) < 4.78 is 0. The second-order valence-electron chi connectivity index (χ2n) is 9.13. The number of carbonyl (C=O) groups is 1. The summed E-state index contributed by atoms with van der Waals surface area (Å²) in [5.41, 5.74) is 5.26. The minimum atomic E-state index is -0.328. The number of nitrogens with zero attached hydrogens (tertiary/aromatic N) is 1. The Bertz CT molecular complexity index is 1080. The summed E-state index contributed by atoms with van der Waals surface area (Å²) in [6.07, 6.45) is 4.45. The number of aryl methyl sites for hydroxylation is 1. The first-order valence-electron chi connectivity index (χ1n) is 10.6. The first-order valence-corrected chi connectivity index (χ1v) is 10.6. The maximum absolute atomic E-state index is 13.4. The molecule has 0 aromatic heterocycles. The molecule has 0 radical (unpaired) electrons. The Labute approximate surface area is 179 Å². The third kappa shape index (κ3) is 3.59. The molecule has 1 unspecified atom stereocenters. The topological polar surface area (TPSA) is 20.3 Å². The first kappa shape index (κ1) is 20.2. The van der Waals surface area contributed by atoms with Gasteiger partial charge in [-0.25, -0.2) is 0 Å². The van der Waals surface area contributed by atoms with E-state index in [1.54, 1.807) is 6.08 Å². The van der Waals surface area contributed by atoms with E-state index in [2.05, 4.69) is 76.2 Å². The molecule has 1 aliphatic heterocycles. The van der Waals surface area contributed by atoms with E-state index in [9.17, 15) is 4.79 Å². The molecule has 2 nitrogen and oxygen atoms in total. The number of hydrogen-bond acceptors (Lipinski definition) is 1. The fraction of sp³-hybridized carbons (Fsp3) is 0.250. The third-order valence-corrected chi connectivity index (χ3v) is 6.23. The van der Waals surface area contributed by atoms with Gasteiger partial charge < -0.3 is 4.90 Å². The number of benzene rings is 3. The van der Waals surface area contributed by atoms with Crippen LogP contribution < -0.4 is 4.90 Å². The summed E-state index contributed by atoms with van der Waals surface area (Å²) in [5.74, 6) is 0.0177. The second-order valence-corrected chi connectivity index (χ2v) is 9.13. The largest absolute Gasteiger partial charge is 0.303 e. The van der Waals surface area contributed by atoms with Crippen LogP contribution in [0.4, 0.5) is 5.69 Å². The molecule has 0 bridgehead atoms. The van der Waals surface area contributed by atoms with Crippen molar-refractivity contribution in [2.24, 2.45) is 0 Å². The van der Waals surface area contributed by atoms with E-state index in [-0.39, 0.29) is 16.9 Å². The lowest BCUT2D eigenvalue weighted by atomic mass is 9.65. The molecule has 1 atom stereocenters. The number of fused-ring (bicyclic) bond motifs is 1. The van der Waals surface area contributed by atoms with Crippen molar-refractivity contribution in [1.82, 2.24) is 0 Å². The van der Waals surface area contributed by atoms with Crippen molar-refractivity contribution in [2.45, 2.75) is 45.1 Å². The summed E-state index contributed by atoms with van der Waals surface area (Å²) in [7, 11) is 0. The molecule has 2 heteroatoms. The quantitative estimate of drug-likeness (QED) is 0.462. The van der Waals surface area contributed by atoms with Gasteiger partial charge in [-0.15, -0.1) is 0 Å². The molecular formula is C28H29NO. The van der Waals surface area contributed by atoms with Crippen molar-refractivity contribution in [1.29, 1.82) is 0 Å². The average Bonchev–Trinajstić information content (AvgIpc) is 2.73. The number of hydrogen-bond donors (Lipinski definition) is 0. The van der Waals surface area contributed by atoms with E-state index in [1.807, 2.05) is 41.3 Å². The first-order chi connectivity index (χ1) is 14.3. The highest BCUT2D eigenvalue weighted by Gasteiger charge is 2.47. The molecule has 4 rings (SSSR count). The lowest BCUT2D eigenvalue weighted by Gasteiger charge is -2.51. The van der Waals surface area contributed by atoms with Crippen LogP contribution in [0.5, 0.6) is 0 Å². The van der Waals surface area contributed by atoms with E-state index < -0.39 is 0 Å². The molecule has 0 spiro atoms. The van der Waals surface area contributed by atoms with E-state index in [4.69, 9.17) is 0 Å². The fourth-order valence-electron chi connectivity index (χ4n) is 4.94. The smallest absolute Gasteiger partial charge is 0.251 e. The number of anilines is 1. The molecular weight excluding hydrogens is 366 g/mol. The molecule has 152 valence electrons. The molecule has 0 aliphatic carbocycles. The predicted octanol–water partition coefficient (Wildman–Crippen LogP) is 6.53. The Kier molecular flexibility index (Phi) is 5.11. The maximum Gasteiger partial charge on any atom is 0.251 e. The number of carbonyl (C=O) groups excluding carboxylic acids is 1. The number of amides is 1. The SMILES string of the molecule is Cc1ccc2c(c1)C(C)(c1ccccc1)CC(C)(C)N2C(=O)/C=C/c1ccccc1. The number of rotatable bonds is 3.